The van der Waals surface area contributed by atoms with Gasteiger partial charge in [-0.05, 0) is 18.3 Å². The molecule has 0 aliphatic carbocycles. The van der Waals surface area contributed by atoms with Crippen LogP contribution in [0.2, 0.25) is 0 Å². The molecule has 0 radical (unpaired) electrons. The highest BCUT2D eigenvalue weighted by molar-refractivity contribution is 7.89. The molecule has 8 heteroatoms. The van der Waals surface area contributed by atoms with E-state index in [-0.39, 0.29) is 10.7 Å². The van der Waals surface area contributed by atoms with Gasteiger partial charge in [0.25, 0.3) is 5.17 Å². The summed E-state index contributed by atoms with van der Waals surface area (Å²) in [5.41, 5.74) is 9.95. The van der Waals surface area contributed by atoms with Gasteiger partial charge >= 0.3 is 10.1 Å². The summed E-state index contributed by atoms with van der Waals surface area (Å²) in [7, 11) is -3.74. The van der Waals surface area contributed by atoms with Gasteiger partial charge in [0, 0.05) is 0 Å². The predicted octanol–water partition coefficient (Wildman–Crippen LogP) is -0.581. The number of thiocarbonyl (C=S) groups is 2. The fourth-order valence-corrected chi connectivity index (χ4v) is 1.50. The highest BCUT2D eigenvalue weighted by Gasteiger charge is 2.09. The lowest BCUT2D eigenvalue weighted by Gasteiger charge is -2.00. The van der Waals surface area contributed by atoms with E-state index in [0.29, 0.717) is 0 Å². The SMILES string of the molecule is NC(=S)C=CCS(=O)(=O)OC(N)=S. The molecule has 4 N–H and O–H groups in total. The van der Waals surface area contributed by atoms with Gasteiger partial charge in [-0.25, -0.2) is 0 Å². The van der Waals surface area contributed by atoms with Crippen LogP contribution in [0.25, 0.3) is 0 Å². The molecule has 0 atom stereocenters. The number of hydrogen-bond acceptors (Lipinski definition) is 5. The molecule has 13 heavy (non-hydrogen) atoms. The van der Waals surface area contributed by atoms with Crippen LogP contribution in [-0.4, -0.2) is 24.3 Å². The van der Waals surface area contributed by atoms with E-state index < -0.39 is 15.3 Å². The third-order valence-electron chi connectivity index (χ3n) is 0.792. The topological polar surface area (TPSA) is 95.4 Å². The molecule has 0 aliphatic heterocycles. The minimum atomic E-state index is -3.74. The maximum Gasteiger partial charge on any atom is 0.314 e. The average molecular weight is 240 g/mol. The van der Waals surface area contributed by atoms with Crippen molar-refractivity contribution >= 4 is 44.7 Å². The number of nitrogens with two attached hydrogens (primary N) is 2. The summed E-state index contributed by atoms with van der Waals surface area (Å²) in [6.45, 7) is 0. The maximum atomic E-state index is 10.9. The van der Waals surface area contributed by atoms with Gasteiger partial charge < -0.3 is 15.7 Å². The van der Waals surface area contributed by atoms with Crippen LogP contribution in [0.4, 0.5) is 0 Å². The Balaban J connectivity index is 4.20. The predicted molar refractivity (Wildman–Crippen MR) is 57.6 cm³/mol. The molecule has 0 saturated heterocycles. The van der Waals surface area contributed by atoms with Crippen molar-refractivity contribution in [1.29, 1.82) is 0 Å². The van der Waals surface area contributed by atoms with Gasteiger partial charge in [0.15, 0.2) is 0 Å². The Morgan fingerprint density at radius 1 is 1.38 bits per heavy atom. The van der Waals surface area contributed by atoms with E-state index in [1.807, 2.05) is 0 Å². The van der Waals surface area contributed by atoms with Gasteiger partial charge in [0.2, 0.25) is 0 Å². The highest BCUT2D eigenvalue weighted by Crippen LogP contribution is 1.93. The molecule has 0 aromatic heterocycles. The fraction of sp³-hybridized carbons (Fsp3) is 0.200. The van der Waals surface area contributed by atoms with E-state index in [9.17, 15) is 8.42 Å². The zero-order valence-corrected chi connectivity index (χ0v) is 8.92. The van der Waals surface area contributed by atoms with E-state index in [1.54, 1.807) is 0 Å². The summed E-state index contributed by atoms with van der Waals surface area (Å²) >= 11 is 8.72. The second-order valence-electron chi connectivity index (χ2n) is 1.93. The third-order valence-corrected chi connectivity index (χ3v) is 2.15. The normalized spacial score (nSPS) is 11.4. The number of rotatable bonds is 4. The van der Waals surface area contributed by atoms with E-state index in [0.717, 1.165) is 0 Å². The van der Waals surface area contributed by atoms with Crippen LogP contribution in [0.15, 0.2) is 12.2 Å². The van der Waals surface area contributed by atoms with Crippen molar-refractivity contribution in [1.82, 2.24) is 0 Å². The van der Waals surface area contributed by atoms with Crippen molar-refractivity contribution < 1.29 is 12.6 Å². The molecule has 0 unspecified atom stereocenters. The Bertz CT molecular complexity index is 333. The van der Waals surface area contributed by atoms with E-state index >= 15 is 0 Å². The molecule has 74 valence electrons. The molecule has 0 amide bonds. The average Bonchev–Trinajstić information content (AvgIpc) is 1.81. The lowest BCUT2D eigenvalue weighted by molar-refractivity contribution is 0.488. The molecule has 0 aromatic carbocycles. The van der Waals surface area contributed by atoms with Crippen LogP contribution >= 0.6 is 24.4 Å². The first-order valence-electron chi connectivity index (χ1n) is 3.01. The van der Waals surface area contributed by atoms with Crippen molar-refractivity contribution in [3.63, 3.8) is 0 Å². The first-order valence-corrected chi connectivity index (χ1v) is 5.40. The largest absolute Gasteiger partial charge is 0.390 e. The van der Waals surface area contributed by atoms with Crippen molar-refractivity contribution in [3.05, 3.63) is 12.2 Å². The van der Waals surface area contributed by atoms with Gasteiger partial charge in [-0.15, -0.1) is 0 Å². The van der Waals surface area contributed by atoms with Crippen LogP contribution in [-0.2, 0) is 14.3 Å². The molecule has 5 nitrogen and oxygen atoms in total. The summed E-state index contributed by atoms with van der Waals surface area (Å²) in [5, 5.41) is -0.538. The Kier molecular flexibility index (Phi) is 4.81. The van der Waals surface area contributed by atoms with Crippen molar-refractivity contribution in [2.45, 2.75) is 0 Å². The van der Waals surface area contributed by atoms with Gasteiger partial charge in [-0.1, -0.05) is 18.3 Å². The lowest BCUT2D eigenvalue weighted by Crippen LogP contribution is -2.20. The first kappa shape index (κ1) is 12.3. The van der Waals surface area contributed by atoms with Crippen molar-refractivity contribution in [3.8, 4) is 0 Å². The summed E-state index contributed by atoms with van der Waals surface area (Å²) in [6, 6.07) is 0. The Labute approximate surface area is 86.9 Å². The van der Waals surface area contributed by atoms with Crippen LogP contribution in [0, 0.1) is 0 Å². The smallest absolute Gasteiger partial charge is 0.314 e. The molecule has 0 bridgehead atoms. The second kappa shape index (κ2) is 5.10. The second-order valence-corrected chi connectivity index (χ2v) is 4.42. The van der Waals surface area contributed by atoms with Crippen molar-refractivity contribution in [2.75, 3.05) is 5.75 Å². The van der Waals surface area contributed by atoms with E-state index in [1.165, 1.54) is 12.2 Å². The van der Waals surface area contributed by atoms with Crippen LogP contribution < -0.4 is 11.5 Å². The summed E-state index contributed by atoms with van der Waals surface area (Å²) in [6.07, 6.45) is 2.52. The zero-order chi connectivity index (χ0) is 10.5. The summed E-state index contributed by atoms with van der Waals surface area (Å²) in [5.74, 6) is -0.373. The monoisotopic (exact) mass is 240 g/mol. The van der Waals surface area contributed by atoms with E-state index in [4.69, 9.17) is 11.5 Å². The van der Waals surface area contributed by atoms with Crippen LogP contribution in [0.5, 0.6) is 0 Å². The first-order chi connectivity index (χ1) is 5.83. The highest BCUT2D eigenvalue weighted by atomic mass is 32.2. The van der Waals surface area contributed by atoms with Gasteiger partial charge in [0.05, 0.1) is 4.99 Å². The minimum absolute atomic E-state index is 0.0884. The van der Waals surface area contributed by atoms with Gasteiger partial charge in [-0.2, -0.15) is 8.42 Å². The summed E-state index contributed by atoms with van der Waals surface area (Å²) in [4.78, 5) is 0.0884. The molecule has 0 fully saturated rings. The minimum Gasteiger partial charge on any atom is -0.390 e. The number of hydrogen-bond donors (Lipinski definition) is 2. The standard InChI is InChI=1S/C5H8N2O3S3/c6-4(11)2-1-3-13(8,9)10-5(7)12/h1-2H,3H2,(H2,6,11)(H2,7,12). The summed E-state index contributed by atoms with van der Waals surface area (Å²) < 4.78 is 26.0. The Morgan fingerprint density at radius 3 is 2.31 bits per heavy atom. The van der Waals surface area contributed by atoms with E-state index in [2.05, 4.69) is 28.6 Å². The zero-order valence-electron chi connectivity index (χ0n) is 6.47. The molecule has 0 rings (SSSR count). The molecule has 0 spiro atoms. The molecule has 0 aliphatic rings. The van der Waals surface area contributed by atoms with Crippen molar-refractivity contribution in [2.24, 2.45) is 11.5 Å². The maximum absolute atomic E-state index is 10.9. The molecule has 0 saturated carbocycles. The molecule has 0 heterocycles. The lowest BCUT2D eigenvalue weighted by atomic mass is 10.5. The van der Waals surface area contributed by atoms with Gasteiger partial charge in [-0.3, -0.25) is 0 Å². The van der Waals surface area contributed by atoms with Crippen LogP contribution in [0.1, 0.15) is 0 Å². The Morgan fingerprint density at radius 2 is 1.92 bits per heavy atom. The van der Waals surface area contributed by atoms with Crippen LogP contribution in [0.3, 0.4) is 0 Å². The molecule has 0 aromatic rings. The third kappa shape index (κ3) is 7.62. The fourth-order valence-electron chi connectivity index (χ4n) is 0.441. The Hall–Kier alpha value is -0.730. The molecular formula is C5H8N2O3S3. The quantitative estimate of drug-likeness (QED) is 0.385. The van der Waals surface area contributed by atoms with Gasteiger partial charge in [0.1, 0.15) is 5.75 Å². The molecular weight excluding hydrogens is 232 g/mol.